The van der Waals surface area contributed by atoms with Crippen molar-refractivity contribution in [2.45, 2.75) is 20.8 Å². The van der Waals surface area contributed by atoms with E-state index < -0.39 is 0 Å². The van der Waals surface area contributed by atoms with Gasteiger partial charge in [-0.3, -0.25) is 4.79 Å². The van der Waals surface area contributed by atoms with Gasteiger partial charge in [-0.2, -0.15) is 0 Å². The SMILES string of the molecule is Cc1c(Cl)cccc1-n1c(C)cc(/C=C2/SC(=Nc3ccc(F)cc3)NC2=O)c1C. The van der Waals surface area contributed by atoms with Crippen molar-refractivity contribution in [1.29, 1.82) is 0 Å². The number of hydrogen-bond donors (Lipinski definition) is 1. The molecule has 0 saturated carbocycles. The highest BCUT2D eigenvalue weighted by Crippen LogP contribution is 2.32. The van der Waals surface area contributed by atoms with E-state index in [-0.39, 0.29) is 11.7 Å². The predicted octanol–water partition coefficient (Wildman–Crippen LogP) is 6.09. The maximum absolute atomic E-state index is 13.1. The minimum atomic E-state index is -0.326. The molecule has 4 nitrogen and oxygen atoms in total. The third-order valence-corrected chi connectivity index (χ3v) is 6.26. The van der Waals surface area contributed by atoms with Crippen LogP contribution in [0.15, 0.2) is 58.4 Å². The summed E-state index contributed by atoms with van der Waals surface area (Å²) in [4.78, 5) is 17.4. The number of thioether (sulfide) groups is 1. The molecule has 1 fully saturated rings. The number of amidine groups is 1. The van der Waals surface area contributed by atoms with Crippen LogP contribution in [-0.2, 0) is 4.79 Å². The van der Waals surface area contributed by atoms with Crippen LogP contribution >= 0.6 is 23.4 Å². The Morgan fingerprint density at radius 3 is 2.60 bits per heavy atom. The van der Waals surface area contributed by atoms with Crippen LogP contribution in [0.2, 0.25) is 5.02 Å². The van der Waals surface area contributed by atoms with Crippen LogP contribution in [-0.4, -0.2) is 15.6 Å². The lowest BCUT2D eigenvalue weighted by molar-refractivity contribution is -0.115. The first kappa shape index (κ1) is 20.4. The molecule has 1 amide bonds. The second-order valence-corrected chi connectivity index (χ2v) is 8.44. The minimum absolute atomic E-state index is 0.204. The number of rotatable bonds is 3. The molecule has 1 saturated heterocycles. The highest BCUT2D eigenvalue weighted by Gasteiger charge is 2.24. The number of amides is 1. The summed E-state index contributed by atoms with van der Waals surface area (Å²) in [5.41, 5.74) is 5.62. The Hall–Kier alpha value is -2.83. The van der Waals surface area contributed by atoms with Crippen LogP contribution < -0.4 is 5.32 Å². The molecular weight excluding hydrogens is 421 g/mol. The number of aryl methyl sites for hydroxylation is 1. The van der Waals surface area contributed by atoms with Gasteiger partial charge in [-0.05, 0) is 92.2 Å². The molecule has 1 aliphatic heterocycles. The van der Waals surface area contributed by atoms with Gasteiger partial charge in [-0.25, -0.2) is 9.38 Å². The number of benzene rings is 2. The summed E-state index contributed by atoms with van der Waals surface area (Å²) < 4.78 is 15.2. The normalized spacial score (nSPS) is 16.5. The van der Waals surface area contributed by atoms with Crippen molar-refractivity contribution in [3.8, 4) is 5.69 Å². The van der Waals surface area contributed by atoms with Crippen molar-refractivity contribution in [3.63, 3.8) is 0 Å². The number of halogens is 2. The highest BCUT2D eigenvalue weighted by atomic mass is 35.5. The van der Waals surface area contributed by atoms with Gasteiger partial charge in [0.25, 0.3) is 5.91 Å². The van der Waals surface area contributed by atoms with Gasteiger partial charge in [0, 0.05) is 22.1 Å². The lowest BCUT2D eigenvalue weighted by Crippen LogP contribution is -2.19. The summed E-state index contributed by atoms with van der Waals surface area (Å²) in [6, 6.07) is 13.7. The molecule has 0 aliphatic carbocycles. The van der Waals surface area contributed by atoms with Crippen molar-refractivity contribution >= 4 is 46.2 Å². The summed E-state index contributed by atoms with van der Waals surface area (Å²) >= 11 is 7.57. The minimum Gasteiger partial charge on any atom is -0.318 e. The van der Waals surface area contributed by atoms with Gasteiger partial charge >= 0.3 is 0 Å². The molecule has 0 spiro atoms. The van der Waals surface area contributed by atoms with Crippen molar-refractivity contribution in [2.75, 3.05) is 0 Å². The number of carbonyl (C=O) groups excluding carboxylic acids is 1. The van der Waals surface area contributed by atoms with E-state index >= 15 is 0 Å². The van der Waals surface area contributed by atoms with Crippen molar-refractivity contribution in [2.24, 2.45) is 4.99 Å². The van der Waals surface area contributed by atoms with Crippen LogP contribution in [0.3, 0.4) is 0 Å². The van der Waals surface area contributed by atoms with E-state index in [1.165, 1.54) is 23.9 Å². The average Bonchev–Trinajstić information content (AvgIpc) is 3.18. The fourth-order valence-electron chi connectivity index (χ4n) is 3.40. The van der Waals surface area contributed by atoms with Crippen LogP contribution in [0.5, 0.6) is 0 Å². The summed E-state index contributed by atoms with van der Waals surface area (Å²) in [5, 5.41) is 3.95. The van der Waals surface area contributed by atoms with Gasteiger partial charge in [0.15, 0.2) is 5.17 Å². The van der Waals surface area contributed by atoms with Crippen molar-refractivity contribution in [3.05, 3.63) is 86.8 Å². The number of aliphatic imine (C=N–C) groups is 1. The monoisotopic (exact) mass is 439 g/mol. The van der Waals surface area contributed by atoms with Crippen LogP contribution in [0.25, 0.3) is 11.8 Å². The standard InChI is InChI=1S/C23H19ClFN3OS/c1-13-11-16(15(3)28(13)20-6-4-5-19(24)14(20)2)12-21-22(29)27-23(30-21)26-18-9-7-17(25)8-10-18/h4-12H,1-3H3,(H,26,27,29)/b21-12+. The second-order valence-electron chi connectivity index (χ2n) is 7.00. The zero-order valence-electron chi connectivity index (χ0n) is 16.7. The van der Waals surface area contributed by atoms with Crippen LogP contribution in [0, 0.1) is 26.6 Å². The Morgan fingerprint density at radius 2 is 1.87 bits per heavy atom. The van der Waals surface area contributed by atoms with E-state index in [2.05, 4.69) is 14.9 Å². The molecule has 7 heteroatoms. The number of hydrogen-bond acceptors (Lipinski definition) is 3. The van der Waals surface area contributed by atoms with Crippen LogP contribution in [0.1, 0.15) is 22.5 Å². The summed E-state index contributed by atoms with van der Waals surface area (Å²) in [6.07, 6.45) is 1.87. The molecule has 0 radical (unpaired) electrons. The molecule has 152 valence electrons. The topological polar surface area (TPSA) is 46.4 Å². The zero-order valence-corrected chi connectivity index (χ0v) is 18.2. The third kappa shape index (κ3) is 3.93. The number of nitrogens with zero attached hydrogens (tertiary/aromatic N) is 2. The Bertz CT molecular complexity index is 1210. The van der Waals surface area contributed by atoms with E-state index in [1.807, 2.05) is 51.1 Å². The third-order valence-electron chi connectivity index (χ3n) is 4.95. The van der Waals surface area contributed by atoms with Gasteiger partial charge < -0.3 is 9.88 Å². The molecule has 1 aromatic heterocycles. The smallest absolute Gasteiger partial charge is 0.264 e. The summed E-state index contributed by atoms with van der Waals surface area (Å²) in [6.45, 7) is 6.04. The van der Waals surface area contributed by atoms with Crippen molar-refractivity contribution in [1.82, 2.24) is 9.88 Å². The van der Waals surface area contributed by atoms with E-state index in [9.17, 15) is 9.18 Å². The van der Waals surface area contributed by atoms with E-state index in [1.54, 1.807) is 12.1 Å². The second kappa shape index (κ2) is 8.13. The molecule has 30 heavy (non-hydrogen) atoms. The first-order valence-corrected chi connectivity index (χ1v) is 10.5. The molecule has 0 bridgehead atoms. The fraction of sp³-hybridized carbons (Fsp3) is 0.130. The molecule has 2 aromatic carbocycles. The number of carbonyl (C=O) groups is 1. The molecule has 0 atom stereocenters. The van der Waals surface area contributed by atoms with E-state index in [4.69, 9.17) is 11.6 Å². The molecule has 1 N–H and O–H groups in total. The number of aromatic nitrogens is 1. The fourth-order valence-corrected chi connectivity index (χ4v) is 4.40. The summed E-state index contributed by atoms with van der Waals surface area (Å²) in [7, 11) is 0. The molecular formula is C23H19ClFN3OS. The Kier molecular flexibility index (Phi) is 5.54. The van der Waals surface area contributed by atoms with Gasteiger partial charge in [0.05, 0.1) is 10.6 Å². The van der Waals surface area contributed by atoms with Crippen LogP contribution in [0.4, 0.5) is 10.1 Å². The maximum atomic E-state index is 13.1. The maximum Gasteiger partial charge on any atom is 0.264 e. The molecule has 2 heterocycles. The first-order chi connectivity index (χ1) is 14.3. The Labute approximate surface area is 183 Å². The number of nitrogens with one attached hydrogen (secondary N) is 1. The van der Waals surface area contributed by atoms with Crippen molar-refractivity contribution < 1.29 is 9.18 Å². The zero-order chi connectivity index (χ0) is 21.4. The molecule has 4 rings (SSSR count). The lowest BCUT2D eigenvalue weighted by atomic mass is 10.2. The summed E-state index contributed by atoms with van der Waals surface area (Å²) in [5.74, 6) is -0.530. The quantitative estimate of drug-likeness (QED) is 0.502. The van der Waals surface area contributed by atoms with Gasteiger partial charge in [-0.15, -0.1) is 0 Å². The molecule has 1 aliphatic rings. The molecule has 0 unspecified atom stereocenters. The highest BCUT2D eigenvalue weighted by molar-refractivity contribution is 8.18. The Morgan fingerprint density at radius 1 is 1.13 bits per heavy atom. The van der Waals surface area contributed by atoms with E-state index in [0.29, 0.717) is 20.8 Å². The van der Waals surface area contributed by atoms with Gasteiger partial charge in [0.1, 0.15) is 5.82 Å². The largest absolute Gasteiger partial charge is 0.318 e. The molecule has 3 aromatic rings. The average molecular weight is 440 g/mol. The van der Waals surface area contributed by atoms with Gasteiger partial charge in [-0.1, -0.05) is 17.7 Å². The first-order valence-electron chi connectivity index (χ1n) is 9.33. The van der Waals surface area contributed by atoms with E-state index in [0.717, 1.165) is 28.2 Å². The van der Waals surface area contributed by atoms with Gasteiger partial charge in [0.2, 0.25) is 0 Å². The Balaban J connectivity index is 1.66. The predicted molar refractivity (Wildman–Crippen MR) is 122 cm³/mol. The lowest BCUT2D eigenvalue weighted by Gasteiger charge is -2.13.